The summed E-state index contributed by atoms with van der Waals surface area (Å²) in [4.78, 5) is 17.4. The number of piperidine rings is 1. The highest BCUT2D eigenvalue weighted by atomic mass is 127. The van der Waals surface area contributed by atoms with Crippen molar-refractivity contribution < 1.29 is 9.53 Å². The molecule has 4 unspecified atom stereocenters. The number of nitrogens with zero attached hydrogens (tertiary/aromatic N) is 1. The van der Waals surface area contributed by atoms with E-state index in [1.54, 1.807) is 6.07 Å². The number of ether oxygens (including phenoxy) is 1. The zero-order chi connectivity index (χ0) is 26.4. The number of anilines is 2. The molecule has 4 atom stereocenters. The third-order valence-corrected chi connectivity index (χ3v) is 9.60. The minimum atomic E-state index is -0.227. The van der Waals surface area contributed by atoms with E-state index in [-0.39, 0.29) is 35.5 Å². The second-order valence-electron chi connectivity index (χ2n) is 10.6. The molecule has 3 heterocycles. The first-order valence-electron chi connectivity index (χ1n) is 12.1. The number of fused-ring (bicyclic) bond motifs is 1. The molecule has 2 amide bonds. The van der Waals surface area contributed by atoms with Gasteiger partial charge in [0.05, 0.1) is 20.9 Å². The molecule has 11 heteroatoms. The molecule has 2 fully saturated rings. The van der Waals surface area contributed by atoms with Crippen molar-refractivity contribution in [3.8, 4) is 0 Å². The monoisotopic (exact) mass is 652 g/mol. The molecule has 0 spiro atoms. The smallest absolute Gasteiger partial charge is 0.321 e. The molecule has 8 nitrogen and oxygen atoms in total. The average Bonchev–Trinajstić information content (AvgIpc) is 3.48. The number of carbonyl (C=O) groups is 1. The van der Waals surface area contributed by atoms with Crippen LogP contribution in [0.25, 0.3) is 10.2 Å². The zero-order valence-electron chi connectivity index (χ0n) is 20.8. The molecule has 5 N–H and O–H groups in total. The Morgan fingerprint density at radius 3 is 2.89 bits per heavy atom. The summed E-state index contributed by atoms with van der Waals surface area (Å²) < 4.78 is 7.81. The van der Waals surface area contributed by atoms with Crippen LogP contribution in [0.5, 0.6) is 0 Å². The van der Waals surface area contributed by atoms with E-state index >= 15 is 0 Å². The van der Waals surface area contributed by atoms with Crippen LogP contribution in [0.3, 0.4) is 0 Å². The van der Waals surface area contributed by atoms with Gasteiger partial charge in [-0.1, -0.05) is 63.7 Å². The lowest BCUT2D eigenvalue weighted by molar-refractivity contribution is 0.154. The van der Waals surface area contributed by atoms with Gasteiger partial charge in [0, 0.05) is 33.3 Å². The molecule has 3 aromatic rings. The highest BCUT2D eigenvalue weighted by Gasteiger charge is 2.42. The number of thiazole rings is 1. The molecule has 196 valence electrons. The van der Waals surface area contributed by atoms with E-state index in [0.717, 1.165) is 33.0 Å². The lowest BCUT2D eigenvalue weighted by Crippen LogP contribution is -2.64. The Bertz CT molecular complexity index is 1350. The minimum Gasteiger partial charge on any atom is -0.356 e. The van der Waals surface area contributed by atoms with Gasteiger partial charge in [-0.05, 0) is 57.4 Å². The summed E-state index contributed by atoms with van der Waals surface area (Å²) in [6.45, 7) is 6.57. The van der Waals surface area contributed by atoms with Crippen LogP contribution >= 0.6 is 45.5 Å². The summed E-state index contributed by atoms with van der Waals surface area (Å²) in [5.41, 5.74) is 3.18. The molecule has 2 aliphatic rings. The molecule has 2 aromatic carbocycles. The maximum absolute atomic E-state index is 12.8. The van der Waals surface area contributed by atoms with E-state index in [0.29, 0.717) is 21.4 Å². The zero-order valence-corrected chi connectivity index (χ0v) is 24.6. The van der Waals surface area contributed by atoms with Gasteiger partial charge in [-0.25, -0.2) is 9.78 Å². The third-order valence-electron chi connectivity index (χ3n) is 6.66. The molecule has 0 aliphatic carbocycles. The van der Waals surface area contributed by atoms with Crippen LogP contribution in [0, 0.1) is 5.41 Å². The second-order valence-corrected chi connectivity index (χ2v) is 12.8. The van der Waals surface area contributed by atoms with Crippen LogP contribution in [0.2, 0.25) is 5.02 Å². The lowest BCUT2D eigenvalue weighted by Gasteiger charge is -2.47. The van der Waals surface area contributed by atoms with Crippen LogP contribution in [-0.4, -0.2) is 45.0 Å². The van der Waals surface area contributed by atoms with Gasteiger partial charge in [0.15, 0.2) is 11.4 Å². The first-order chi connectivity index (χ1) is 17.6. The summed E-state index contributed by atoms with van der Waals surface area (Å²) in [5, 5.41) is 21.8. The van der Waals surface area contributed by atoms with Crippen molar-refractivity contribution in [3.05, 3.63) is 52.5 Å². The van der Waals surface area contributed by atoms with Crippen LogP contribution in [-0.2, 0) is 4.74 Å². The SMILES string of the molecule is CC1(C)CC(NC(=O)Nc2nc3ccc(C4OC4Nc4c(Cl)cccc4C=N)cc3s2)CC(C)(CI)N1. The van der Waals surface area contributed by atoms with Crippen molar-refractivity contribution in [2.24, 2.45) is 0 Å². The number of rotatable bonds is 7. The van der Waals surface area contributed by atoms with Crippen molar-refractivity contribution in [1.82, 2.24) is 15.6 Å². The molecule has 0 saturated carbocycles. The van der Waals surface area contributed by atoms with Gasteiger partial charge < -0.3 is 26.1 Å². The fourth-order valence-electron chi connectivity index (χ4n) is 5.26. The van der Waals surface area contributed by atoms with Crippen molar-refractivity contribution >= 4 is 78.8 Å². The number of urea groups is 1. The summed E-state index contributed by atoms with van der Waals surface area (Å²) in [6, 6.07) is 11.3. The standard InChI is InChI=1S/C26H30ClIN6O2S/c1-25(2)10-16(11-26(3,13-28)34-25)30-23(35)33-24-31-18-8-7-14(9-19(18)37-24)21-22(36-21)32-20-15(12-29)5-4-6-17(20)27/h4-9,12,16,21-22,29,32,34H,10-11,13H2,1-3H3,(H2,30,31,33,35). The number of epoxide rings is 1. The minimum absolute atomic E-state index is 0.0169. The highest BCUT2D eigenvalue weighted by Crippen LogP contribution is 2.42. The summed E-state index contributed by atoms with van der Waals surface area (Å²) in [7, 11) is 0. The molecular weight excluding hydrogens is 623 g/mol. The Morgan fingerprint density at radius 1 is 1.32 bits per heavy atom. The van der Waals surface area contributed by atoms with E-state index in [1.165, 1.54) is 17.6 Å². The van der Waals surface area contributed by atoms with E-state index in [2.05, 4.69) is 69.6 Å². The number of benzene rings is 2. The highest BCUT2D eigenvalue weighted by molar-refractivity contribution is 14.1. The van der Waals surface area contributed by atoms with E-state index < -0.39 is 0 Å². The predicted octanol–water partition coefficient (Wildman–Crippen LogP) is 6.30. The summed E-state index contributed by atoms with van der Waals surface area (Å²) >= 11 is 10.2. The van der Waals surface area contributed by atoms with E-state index in [9.17, 15) is 4.79 Å². The Hall–Kier alpha value is -1.99. The summed E-state index contributed by atoms with van der Waals surface area (Å²) in [6.07, 6.45) is 2.66. The van der Waals surface area contributed by atoms with Crippen LogP contribution in [0.1, 0.15) is 50.8 Å². The molecule has 5 rings (SSSR count). The van der Waals surface area contributed by atoms with Crippen LogP contribution in [0.15, 0.2) is 36.4 Å². The fraction of sp³-hybridized carbons (Fsp3) is 0.423. The average molecular weight is 653 g/mol. The molecule has 2 aliphatic heterocycles. The first-order valence-corrected chi connectivity index (χ1v) is 14.8. The Kier molecular flexibility index (Phi) is 7.40. The topological polar surface area (TPSA) is 114 Å². The largest absolute Gasteiger partial charge is 0.356 e. The van der Waals surface area contributed by atoms with Gasteiger partial charge in [-0.2, -0.15) is 0 Å². The Morgan fingerprint density at radius 2 is 2.14 bits per heavy atom. The molecule has 37 heavy (non-hydrogen) atoms. The van der Waals surface area contributed by atoms with Crippen molar-refractivity contribution in [2.75, 3.05) is 15.1 Å². The number of hydrogen-bond donors (Lipinski definition) is 5. The maximum Gasteiger partial charge on any atom is 0.321 e. The van der Waals surface area contributed by atoms with Gasteiger partial charge in [0.25, 0.3) is 0 Å². The molecule has 2 saturated heterocycles. The number of halogens is 2. The van der Waals surface area contributed by atoms with Crippen LogP contribution in [0.4, 0.5) is 15.6 Å². The van der Waals surface area contributed by atoms with Gasteiger partial charge >= 0.3 is 6.03 Å². The Labute approximate surface area is 238 Å². The number of aromatic nitrogens is 1. The number of para-hydroxylation sites is 1. The van der Waals surface area contributed by atoms with E-state index in [1.807, 2.05) is 30.3 Å². The number of alkyl halides is 1. The van der Waals surface area contributed by atoms with Gasteiger partial charge in [0.2, 0.25) is 0 Å². The quantitative estimate of drug-likeness (QED) is 0.0890. The number of carbonyl (C=O) groups excluding carboxylic acids is 1. The third kappa shape index (κ3) is 6.03. The second kappa shape index (κ2) is 10.3. The number of amides is 2. The van der Waals surface area contributed by atoms with Crippen molar-refractivity contribution in [2.45, 2.75) is 63.1 Å². The van der Waals surface area contributed by atoms with Crippen LogP contribution < -0.4 is 21.3 Å². The molecular formula is C26H30ClIN6O2S. The lowest BCUT2D eigenvalue weighted by atomic mass is 9.79. The van der Waals surface area contributed by atoms with Gasteiger partial charge in [0.1, 0.15) is 6.10 Å². The molecule has 0 bridgehead atoms. The van der Waals surface area contributed by atoms with Gasteiger partial charge in [-0.15, -0.1) is 0 Å². The Balaban J connectivity index is 1.23. The predicted molar refractivity (Wildman–Crippen MR) is 160 cm³/mol. The van der Waals surface area contributed by atoms with Crippen molar-refractivity contribution in [1.29, 1.82) is 5.41 Å². The fourth-order valence-corrected chi connectivity index (χ4v) is 6.91. The number of hydrogen-bond acceptors (Lipinski definition) is 7. The summed E-state index contributed by atoms with van der Waals surface area (Å²) in [5.74, 6) is 0. The normalized spacial score (nSPS) is 26.5. The van der Waals surface area contributed by atoms with Gasteiger partial charge in [-0.3, -0.25) is 5.32 Å². The number of nitrogens with one attached hydrogen (secondary N) is 5. The van der Waals surface area contributed by atoms with E-state index in [4.69, 9.17) is 21.7 Å². The maximum atomic E-state index is 12.8. The first kappa shape index (κ1) is 26.6. The molecule has 1 aromatic heterocycles. The molecule has 0 radical (unpaired) electrons. The van der Waals surface area contributed by atoms with Crippen molar-refractivity contribution in [3.63, 3.8) is 0 Å².